The Morgan fingerprint density at radius 3 is 2.07 bits per heavy atom. The number of carbonyl (C=O) groups excluding carboxylic acids is 2. The van der Waals surface area contributed by atoms with Gasteiger partial charge in [-0.1, -0.05) is 60.7 Å². The van der Waals surface area contributed by atoms with Crippen molar-refractivity contribution in [1.82, 2.24) is 5.32 Å². The van der Waals surface area contributed by atoms with Crippen molar-refractivity contribution in [3.05, 3.63) is 102 Å². The molecule has 0 spiro atoms. The molecular weight excluding hydrogens is 383 g/mol. The maximum Gasteiger partial charge on any atom is 0.247 e. The van der Waals surface area contributed by atoms with Gasteiger partial charge in [-0.3, -0.25) is 9.59 Å². The Kier molecular flexibility index (Phi) is 7.69. The summed E-state index contributed by atoms with van der Waals surface area (Å²) >= 11 is 0. The van der Waals surface area contributed by atoms with Crippen molar-refractivity contribution < 1.29 is 18.7 Å². The van der Waals surface area contributed by atoms with Gasteiger partial charge in [0, 0.05) is 12.1 Å². The molecule has 0 fully saturated rings. The van der Waals surface area contributed by atoms with Gasteiger partial charge < -0.3 is 15.4 Å². The lowest BCUT2D eigenvalue weighted by Crippen LogP contribution is -2.46. The van der Waals surface area contributed by atoms with Gasteiger partial charge in [0.1, 0.15) is 18.5 Å². The maximum absolute atomic E-state index is 13.1. The molecule has 5 nitrogen and oxygen atoms in total. The first-order valence-electron chi connectivity index (χ1n) is 9.61. The number of rotatable bonds is 9. The fraction of sp³-hybridized carbons (Fsp3) is 0.167. The number of hydrogen-bond donors (Lipinski definition) is 2. The van der Waals surface area contributed by atoms with Gasteiger partial charge in [-0.25, -0.2) is 4.39 Å². The SMILES string of the molecule is O=C(COCc1ccccc1)NC(Cc1ccccc1)C(=O)Nc1ccc(F)cc1. The molecule has 0 radical (unpaired) electrons. The Bertz CT molecular complexity index is 947. The Hall–Kier alpha value is -3.51. The average molecular weight is 406 g/mol. The van der Waals surface area contributed by atoms with Crippen LogP contribution < -0.4 is 10.6 Å². The Morgan fingerprint density at radius 1 is 0.833 bits per heavy atom. The number of halogens is 1. The fourth-order valence-corrected chi connectivity index (χ4v) is 2.89. The van der Waals surface area contributed by atoms with Crippen molar-refractivity contribution in [2.75, 3.05) is 11.9 Å². The summed E-state index contributed by atoms with van der Waals surface area (Å²) in [6.45, 7) is 0.142. The molecular formula is C24H23FN2O3. The summed E-state index contributed by atoms with van der Waals surface area (Å²) in [4.78, 5) is 25.1. The van der Waals surface area contributed by atoms with Crippen molar-refractivity contribution in [3.8, 4) is 0 Å². The molecule has 1 atom stereocenters. The van der Waals surface area contributed by atoms with E-state index in [0.717, 1.165) is 11.1 Å². The summed E-state index contributed by atoms with van der Waals surface area (Å²) in [7, 11) is 0. The molecule has 0 saturated carbocycles. The quantitative estimate of drug-likeness (QED) is 0.569. The third-order valence-electron chi connectivity index (χ3n) is 4.39. The minimum Gasteiger partial charge on any atom is -0.367 e. The van der Waals surface area contributed by atoms with E-state index >= 15 is 0 Å². The molecule has 0 aliphatic carbocycles. The first-order valence-corrected chi connectivity index (χ1v) is 9.61. The minimum absolute atomic E-state index is 0.163. The van der Waals surface area contributed by atoms with Crippen LogP contribution in [0.1, 0.15) is 11.1 Å². The first-order chi connectivity index (χ1) is 14.6. The monoisotopic (exact) mass is 406 g/mol. The molecule has 30 heavy (non-hydrogen) atoms. The predicted octanol–water partition coefficient (Wildman–Crippen LogP) is 3.71. The van der Waals surface area contributed by atoms with Gasteiger partial charge in [0.15, 0.2) is 0 Å². The number of carbonyl (C=O) groups is 2. The van der Waals surface area contributed by atoms with E-state index in [1.54, 1.807) is 0 Å². The topological polar surface area (TPSA) is 67.4 Å². The third-order valence-corrected chi connectivity index (χ3v) is 4.39. The molecule has 2 amide bonds. The van der Waals surface area contributed by atoms with Crippen LogP contribution in [0.4, 0.5) is 10.1 Å². The van der Waals surface area contributed by atoms with Crippen LogP contribution in [0.25, 0.3) is 0 Å². The van der Waals surface area contributed by atoms with Crippen LogP contribution in [0.5, 0.6) is 0 Å². The second-order valence-electron chi connectivity index (χ2n) is 6.78. The zero-order valence-corrected chi connectivity index (χ0v) is 16.4. The standard InChI is InChI=1S/C24H23FN2O3/c25-20-11-13-21(14-12-20)26-24(29)22(15-18-7-3-1-4-8-18)27-23(28)17-30-16-19-9-5-2-6-10-19/h1-14,22H,15-17H2,(H,26,29)(H,27,28). The number of ether oxygens (including phenoxy) is 1. The molecule has 154 valence electrons. The van der Waals surface area contributed by atoms with E-state index in [2.05, 4.69) is 10.6 Å². The zero-order chi connectivity index (χ0) is 21.2. The number of nitrogens with one attached hydrogen (secondary N) is 2. The van der Waals surface area contributed by atoms with Crippen LogP contribution in [0.2, 0.25) is 0 Å². The number of amides is 2. The largest absolute Gasteiger partial charge is 0.367 e. The molecule has 0 aliphatic rings. The van der Waals surface area contributed by atoms with E-state index in [1.807, 2.05) is 60.7 Å². The van der Waals surface area contributed by atoms with E-state index in [9.17, 15) is 14.0 Å². The molecule has 1 unspecified atom stereocenters. The Balaban J connectivity index is 1.60. The second kappa shape index (κ2) is 10.9. The molecule has 0 aromatic heterocycles. The zero-order valence-electron chi connectivity index (χ0n) is 16.4. The number of anilines is 1. The Labute approximate surface area is 174 Å². The van der Waals surface area contributed by atoms with Gasteiger partial charge in [0.25, 0.3) is 0 Å². The van der Waals surface area contributed by atoms with Crippen LogP contribution in [-0.4, -0.2) is 24.5 Å². The average Bonchev–Trinajstić information content (AvgIpc) is 2.76. The third kappa shape index (κ3) is 6.83. The van der Waals surface area contributed by atoms with Gasteiger partial charge in [-0.05, 0) is 35.4 Å². The lowest BCUT2D eigenvalue weighted by molar-refractivity contribution is -0.130. The first kappa shape index (κ1) is 21.2. The highest BCUT2D eigenvalue weighted by Gasteiger charge is 2.21. The van der Waals surface area contributed by atoms with Gasteiger partial charge >= 0.3 is 0 Å². The summed E-state index contributed by atoms with van der Waals surface area (Å²) in [5, 5.41) is 5.45. The molecule has 6 heteroatoms. The van der Waals surface area contributed by atoms with Crippen LogP contribution >= 0.6 is 0 Å². The van der Waals surface area contributed by atoms with Crippen LogP contribution in [0.3, 0.4) is 0 Å². The van der Waals surface area contributed by atoms with E-state index in [4.69, 9.17) is 4.74 Å². The second-order valence-corrected chi connectivity index (χ2v) is 6.78. The van der Waals surface area contributed by atoms with E-state index < -0.39 is 11.9 Å². The summed E-state index contributed by atoms with van der Waals surface area (Å²) in [5.41, 5.74) is 2.32. The summed E-state index contributed by atoms with van der Waals surface area (Å²) in [6, 6.07) is 23.6. The molecule has 3 rings (SSSR count). The molecule has 3 aromatic rings. The lowest BCUT2D eigenvalue weighted by Gasteiger charge is -2.19. The molecule has 0 heterocycles. The summed E-state index contributed by atoms with van der Waals surface area (Å²) < 4.78 is 18.6. The minimum atomic E-state index is -0.801. The van der Waals surface area contributed by atoms with Gasteiger partial charge in [0.2, 0.25) is 11.8 Å². The highest BCUT2D eigenvalue weighted by Crippen LogP contribution is 2.11. The number of benzene rings is 3. The van der Waals surface area contributed by atoms with Crippen molar-refractivity contribution in [2.24, 2.45) is 0 Å². The van der Waals surface area contributed by atoms with Gasteiger partial charge in [0.05, 0.1) is 6.61 Å². The van der Waals surface area contributed by atoms with Crippen molar-refractivity contribution in [1.29, 1.82) is 0 Å². The maximum atomic E-state index is 13.1. The summed E-state index contributed by atoms with van der Waals surface area (Å²) in [6.07, 6.45) is 0.318. The molecule has 0 bridgehead atoms. The summed E-state index contributed by atoms with van der Waals surface area (Å²) in [5.74, 6) is -1.17. The van der Waals surface area contributed by atoms with Crippen molar-refractivity contribution in [3.63, 3.8) is 0 Å². The van der Waals surface area contributed by atoms with Gasteiger partial charge in [-0.2, -0.15) is 0 Å². The van der Waals surface area contributed by atoms with Crippen LogP contribution in [-0.2, 0) is 27.4 Å². The molecule has 0 aliphatic heterocycles. The van der Waals surface area contributed by atoms with Crippen LogP contribution in [0, 0.1) is 5.82 Å². The highest BCUT2D eigenvalue weighted by atomic mass is 19.1. The smallest absolute Gasteiger partial charge is 0.247 e. The van der Waals surface area contributed by atoms with Gasteiger partial charge in [-0.15, -0.1) is 0 Å². The van der Waals surface area contributed by atoms with E-state index in [0.29, 0.717) is 18.7 Å². The molecule has 0 saturated heterocycles. The lowest BCUT2D eigenvalue weighted by atomic mass is 10.0. The van der Waals surface area contributed by atoms with Crippen molar-refractivity contribution in [2.45, 2.75) is 19.1 Å². The molecule has 2 N–H and O–H groups in total. The Morgan fingerprint density at radius 2 is 1.43 bits per heavy atom. The number of hydrogen-bond acceptors (Lipinski definition) is 3. The fourth-order valence-electron chi connectivity index (χ4n) is 2.89. The van der Waals surface area contributed by atoms with Crippen molar-refractivity contribution >= 4 is 17.5 Å². The molecule has 3 aromatic carbocycles. The highest BCUT2D eigenvalue weighted by molar-refractivity contribution is 5.97. The van der Waals surface area contributed by atoms with E-state index in [-0.39, 0.29) is 18.4 Å². The predicted molar refractivity (Wildman–Crippen MR) is 113 cm³/mol. The van der Waals surface area contributed by atoms with Crippen LogP contribution in [0.15, 0.2) is 84.9 Å². The normalized spacial score (nSPS) is 11.5. The van der Waals surface area contributed by atoms with E-state index in [1.165, 1.54) is 24.3 Å².